The number of nitrogens with two attached hydrogens (primary N) is 1. The van der Waals surface area contributed by atoms with E-state index in [1.54, 1.807) is 6.20 Å². The number of rotatable bonds is 0. The van der Waals surface area contributed by atoms with Gasteiger partial charge in [-0.1, -0.05) is 11.6 Å². The molecule has 0 unspecified atom stereocenters. The molecule has 0 aliphatic rings. The van der Waals surface area contributed by atoms with Crippen LogP contribution in [-0.2, 0) is 0 Å². The SMILES string of the molecule is Cc1c(N)cnc(Br)c1Cl. The molecule has 10 heavy (non-hydrogen) atoms. The van der Waals surface area contributed by atoms with Gasteiger partial charge in [-0.2, -0.15) is 0 Å². The number of hydrogen-bond donors (Lipinski definition) is 1. The highest BCUT2D eigenvalue weighted by atomic mass is 79.9. The van der Waals surface area contributed by atoms with Gasteiger partial charge in [0.15, 0.2) is 0 Å². The van der Waals surface area contributed by atoms with E-state index in [0.29, 0.717) is 15.3 Å². The van der Waals surface area contributed by atoms with Crippen molar-refractivity contribution in [2.75, 3.05) is 5.73 Å². The first-order chi connectivity index (χ1) is 4.63. The third kappa shape index (κ3) is 1.25. The third-order valence-electron chi connectivity index (χ3n) is 1.26. The van der Waals surface area contributed by atoms with E-state index >= 15 is 0 Å². The predicted octanol–water partition coefficient (Wildman–Crippen LogP) is 2.39. The molecule has 0 spiro atoms. The molecule has 0 aromatic carbocycles. The standard InChI is InChI=1S/C6H6BrClN2/c1-3-4(9)2-10-6(7)5(3)8/h2H,9H2,1H3. The Labute approximate surface area is 72.5 Å². The molecule has 0 radical (unpaired) electrons. The molecule has 2 N–H and O–H groups in total. The van der Waals surface area contributed by atoms with Crippen molar-refractivity contribution in [1.29, 1.82) is 0 Å². The van der Waals surface area contributed by atoms with Crippen LogP contribution in [0.5, 0.6) is 0 Å². The molecule has 0 fully saturated rings. The van der Waals surface area contributed by atoms with Gasteiger partial charge in [0.2, 0.25) is 0 Å². The first-order valence-corrected chi connectivity index (χ1v) is 3.86. The third-order valence-corrected chi connectivity index (χ3v) is 2.55. The van der Waals surface area contributed by atoms with Crippen molar-refractivity contribution in [3.8, 4) is 0 Å². The number of nitrogens with zero attached hydrogens (tertiary/aromatic N) is 1. The second-order valence-electron chi connectivity index (χ2n) is 1.94. The highest BCUT2D eigenvalue weighted by molar-refractivity contribution is 9.10. The van der Waals surface area contributed by atoms with Crippen LogP contribution < -0.4 is 5.73 Å². The molecule has 0 saturated carbocycles. The molecule has 0 bridgehead atoms. The molecule has 0 aliphatic heterocycles. The summed E-state index contributed by atoms with van der Waals surface area (Å²) in [7, 11) is 0. The number of nitrogen functional groups attached to an aromatic ring is 1. The normalized spacial score (nSPS) is 9.90. The average molecular weight is 221 g/mol. The minimum Gasteiger partial charge on any atom is -0.397 e. The summed E-state index contributed by atoms with van der Waals surface area (Å²) in [4.78, 5) is 3.90. The van der Waals surface area contributed by atoms with Gasteiger partial charge in [0.25, 0.3) is 0 Å². The summed E-state index contributed by atoms with van der Waals surface area (Å²) in [6.07, 6.45) is 1.57. The van der Waals surface area contributed by atoms with E-state index in [4.69, 9.17) is 17.3 Å². The Hall–Kier alpha value is -0.280. The second-order valence-corrected chi connectivity index (χ2v) is 3.07. The Morgan fingerprint density at radius 2 is 2.30 bits per heavy atom. The molecule has 2 nitrogen and oxygen atoms in total. The van der Waals surface area contributed by atoms with E-state index in [9.17, 15) is 0 Å². The number of hydrogen-bond acceptors (Lipinski definition) is 2. The van der Waals surface area contributed by atoms with Gasteiger partial charge >= 0.3 is 0 Å². The van der Waals surface area contributed by atoms with Crippen LogP contribution in [-0.4, -0.2) is 4.98 Å². The molecular formula is C6H6BrClN2. The van der Waals surface area contributed by atoms with Gasteiger partial charge < -0.3 is 5.73 Å². The van der Waals surface area contributed by atoms with Gasteiger partial charge in [0.05, 0.1) is 16.9 Å². The van der Waals surface area contributed by atoms with Gasteiger partial charge in [0.1, 0.15) is 4.60 Å². The van der Waals surface area contributed by atoms with Crippen molar-refractivity contribution in [2.24, 2.45) is 0 Å². The summed E-state index contributed by atoms with van der Waals surface area (Å²) in [6, 6.07) is 0. The molecule has 0 aliphatic carbocycles. The fourth-order valence-electron chi connectivity index (χ4n) is 0.561. The monoisotopic (exact) mass is 220 g/mol. The van der Waals surface area contributed by atoms with Crippen LogP contribution in [0.1, 0.15) is 5.56 Å². The van der Waals surface area contributed by atoms with Crippen molar-refractivity contribution in [3.05, 3.63) is 21.4 Å². The van der Waals surface area contributed by atoms with Crippen LogP contribution in [0, 0.1) is 6.92 Å². The van der Waals surface area contributed by atoms with Gasteiger partial charge in [-0.05, 0) is 28.4 Å². The quantitative estimate of drug-likeness (QED) is 0.683. The zero-order valence-corrected chi connectivity index (χ0v) is 7.70. The predicted molar refractivity (Wildman–Crippen MR) is 46.1 cm³/mol. The Balaban J connectivity index is 3.34. The highest BCUT2D eigenvalue weighted by Crippen LogP contribution is 2.26. The van der Waals surface area contributed by atoms with E-state index < -0.39 is 0 Å². The lowest BCUT2D eigenvalue weighted by Gasteiger charge is -2.01. The fourth-order valence-corrected chi connectivity index (χ4v) is 1.12. The van der Waals surface area contributed by atoms with Gasteiger partial charge in [-0.15, -0.1) is 0 Å². The molecule has 1 aromatic heterocycles. The number of pyridine rings is 1. The molecule has 1 heterocycles. The molecular weight excluding hydrogens is 215 g/mol. The highest BCUT2D eigenvalue weighted by Gasteiger charge is 2.03. The summed E-state index contributed by atoms with van der Waals surface area (Å²) in [5, 5.41) is 0.583. The lowest BCUT2D eigenvalue weighted by Crippen LogP contribution is -1.92. The van der Waals surface area contributed by atoms with E-state index in [1.165, 1.54) is 0 Å². The van der Waals surface area contributed by atoms with Crippen LogP contribution >= 0.6 is 27.5 Å². The van der Waals surface area contributed by atoms with Crippen LogP contribution in [0.25, 0.3) is 0 Å². The Morgan fingerprint density at radius 1 is 1.70 bits per heavy atom. The number of aromatic nitrogens is 1. The lowest BCUT2D eigenvalue weighted by molar-refractivity contribution is 1.25. The van der Waals surface area contributed by atoms with E-state index in [-0.39, 0.29) is 0 Å². The maximum atomic E-state index is 5.79. The van der Waals surface area contributed by atoms with Crippen LogP contribution in [0.15, 0.2) is 10.8 Å². The van der Waals surface area contributed by atoms with Crippen molar-refractivity contribution in [2.45, 2.75) is 6.92 Å². The minimum atomic E-state index is 0.583. The zero-order chi connectivity index (χ0) is 7.72. The van der Waals surface area contributed by atoms with Crippen LogP contribution in [0.4, 0.5) is 5.69 Å². The number of anilines is 1. The molecule has 0 atom stereocenters. The average Bonchev–Trinajstić information content (AvgIpc) is 1.93. The summed E-state index contributed by atoms with van der Waals surface area (Å²) in [5.74, 6) is 0. The van der Waals surface area contributed by atoms with Crippen LogP contribution in [0.2, 0.25) is 5.02 Å². The smallest absolute Gasteiger partial charge is 0.125 e. The van der Waals surface area contributed by atoms with Gasteiger partial charge in [0, 0.05) is 0 Å². The van der Waals surface area contributed by atoms with E-state index in [0.717, 1.165) is 5.56 Å². The van der Waals surface area contributed by atoms with Crippen molar-refractivity contribution in [1.82, 2.24) is 4.98 Å². The Kier molecular flexibility index (Phi) is 2.16. The first kappa shape index (κ1) is 7.82. The largest absolute Gasteiger partial charge is 0.397 e. The topological polar surface area (TPSA) is 38.9 Å². The van der Waals surface area contributed by atoms with Crippen molar-refractivity contribution >= 4 is 33.2 Å². The van der Waals surface area contributed by atoms with Crippen molar-refractivity contribution < 1.29 is 0 Å². The Bertz CT molecular complexity index is 235. The summed E-state index contributed by atoms with van der Waals surface area (Å²) in [5.41, 5.74) is 7.00. The molecule has 0 saturated heterocycles. The molecule has 4 heteroatoms. The van der Waals surface area contributed by atoms with Crippen molar-refractivity contribution in [3.63, 3.8) is 0 Å². The number of halogens is 2. The molecule has 54 valence electrons. The molecule has 1 aromatic rings. The summed E-state index contributed by atoms with van der Waals surface area (Å²) < 4.78 is 0.640. The summed E-state index contributed by atoms with van der Waals surface area (Å²) >= 11 is 8.98. The lowest BCUT2D eigenvalue weighted by atomic mass is 10.3. The van der Waals surface area contributed by atoms with Gasteiger partial charge in [-0.25, -0.2) is 4.98 Å². The Morgan fingerprint density at radius 3 is 2.80 bits per heavy atom. The molecule has 1 rings (SSSR count). The fraction of sp³-hybridized carbons (Fsp3) is 0.167. The zero-order valence-electron chi connectivity index (χ0n) is 5.36. The van der Waals surface area contributed by atoms with Gasteiger partial charge in [-0.3, -0.25) is 0 Å². The summed E-state index contributed by atoms with van der Waals surface area (Å²) in [6.45, 7) is 1.85. The second kappa shape index (κ2) is 2.76. The van der Waals surface area contributed by atoms with E-state index in [1.807, 2.05) is 6.92 Å². The first-order valence-electron chi connectivity index (χ1n) is 2.69. The van der Waals surface area contributed by atoms with Crippen LogP contribution in [0.3, 0.4) is 0 Å². The maximum absolute atomic E-state index is 5.79. The van der Waals surface area contributed by atoms with E-state index in [2.05, 4.69) is 20.9 Å². The minimum absolute atomic E-state index is 0.583. The molecule has 0 amide bonds. The maximum Gasteiger partial charge on any atom is 0.125 e.